The molecule has 0 heterocycles. The summed E-state index contributed by atoms with van der Waals surface area (Å²) in [6.07, 6.45) is 3.15. The number of benzene rings is 2. The Kier molecular flexibility index (Phi) is 3.65. The highest BCUT2D eigenvalue weighted by Crippen LogP contribution is 2.41. The first kappa shape index (κ1) is 13.7. The molecule has 21 heavy (non-hydrogen) atoms. The lowest BCUT2D eigenvalue weighted by molar-refractivity contribution is 0.0823. The maximum absolute atomic E-state index is 12.5. The number of rotatable bonds is 4. The number of carbonyl (C=O) groups is 1. The molecule has 0 atom stereocenters. The van der Waals surface area contributed by atoms with Gasteiger partial charge in [0, 0.05) is 5.56 Å². The van der Waals surface area contributed by atoms with Gasteiger partial charge in [0.25, 0.3) is 5.91 Å². The molecule has 0 bridgehead atoms. The van der Waals surface area contributed by atoms with Gasteiger partial charge in [0.2, 0.25) is 0 Å². The minimum Gasteiger partial charge on any atom is -0.497 e. The van der Waals surface area contributed by atoms with Crippen molar-refractivity contribution in [2.45, 2.75) is 24.8 Å². The zero-order valence-electron chi connectivity index (χ0n) is 12.1. The summed E-state index contributed by atoms with van der Waals surface area (Å²) in [5, 5.41) is 3.22. The Morgan fingerprint density at radius 1 is 1.05 bits per heavy atom. The fraction of sp³-hybridized carbons (Fsp3) is 0.278. The fourth-order valence-corrected chi connectivity index (χ4v) is 2.81. The third-order valence-corrected chi connectivity index (χ3v) is 4.24. The third-order valence-electron chi connectivity index (χ3n) is 4.24. The standard InChI is InChI=1S/C18H19NO2/c1-21-16-10-8-14(9-11-16)17(20)19-18(12-5-13-18)15-6-3-2-4-7-15/h2-4,6-11H,5,12-13H2,1H3,(H,19,20). The average molecular weight is 281 g/mol. The van der Waals surface area contributed by atoms with Gasteiger partial charge in [-0.1, -0.05) is 30.3 Å². The van der Waals surface area contributed by atoms with E-state index in [-0.39, 0.29) is 11.4 Å². The summed E-state index contributed by atoms with van der Waals surface area (Å²) in [5.41, 5.74) is 1.66. The number of carbonyl (C=O) groups excluding carboxylic acids is 1. The molecule has 0 saturated heterocycles. The Morgan fingerprint density at radius 3 is 2.24 bits per heavy atom. The van der Waals surface area contributed by atoms with E-state index in [9.17, 15) is 4.79 Å². The molecular formula is C18H19NO2. The van der Waals surface area contributed by atoms with Gasteiger partial charge in [-0.3, -0.25) is 4.79 Å². The number of amides is 1. The lowest BCUT2D eigenvalue weighted by atomic mass is 9.71. The van der Waals surface area contributed by atoms with Gasteiger partial charge in [-0.2, -0.15) is 0 Å². The molecule has 0 unspecified atom stereocenters. The zero-order chi connectivity index (χ0) is 14.7. The Balaban J connectivity index is 1.79. The van der Waals surface area contributed by atoms with Crippen molar-refractivity contribution in [1.29, 1.82) is 0 Å². The van der Waals surface area contributed by atoms with Crippen LogP contribution in [0.1, 0.15) is 35.2 Å². The fourth-order valence-electron chi connectivity index (χ4n) is 2.81. The largest absolute Gasteiger partial charge is 0.497 e. The predicted octanol–water partition coefficient (Wildman–Crippen LogP) is 3.50. The molecule has 1 N–H and O–H groups in total. The molecule has 1 aliphatic rings. The molecular weight excluding hydrogens is 262 g/mol. The van der Waals surface area contributed by atoms with Crippen LogP contribution in [-0.4, -0.2) is 13.0 Å². The molecule has 1 aliphatic carbocycles. The van der Waals surface area contributed by atoms with Crippen molar-refractivity contribution in [3.63, 3.8) is 0 Å². The Bertz CT molecular complexity index is 615. The molecule has 0 aromatic heterocycles. The summed E-state index contributed by atoms with van der Waals surface area (Å²) in [6.45, 7) is 0. The summed E-state index contributed by atoms with van der Waals surface area (Å²) in [6, 6.07) is 17.4. The molecule has 1 amide bonds. The quantitative estimate of drug-likeness (QED) is 0.931. The molecule has 0 spiro atoms. The average Bonchev–Trinajstić information content (AvgIpc) is 2.51. The summed E-state index contributed by atoms with van der Waals surface area (Å²) < 4.78 is 5.12. The van der Waals surface area contributed by atoms with Crippen molar-refractivity contribution < 1.29 is 9.53 Å². The van der Waals surface area contributed by atoms with Crippen molar-refractivity contribution in [3.05, 3.63) is 65.7 Å². The number of methoxy groups -OCH3 is 1. The van der Waals surface area contributed by atoms with E-state index >= 15 is 0 Å². The number of nitrogens with one attached hydrogen (secondary N) is 1. The Morgan fingerprint density at radius 2 is 1.71 bits per heavy atom. The topological polar surface area (TPSA) is 38.3 Å². The number of hydrogen-bond donors (Lipinski definition) is 1. The normalized spacial score (nSPS) is 15.9. The van der Waals surface area contributed by atoms with Gasteiger partial charge in [-0.15, -0.1) is 0 Å². The summed E-state index contributed by atoms with van der Waals surface area (Å²) >= 11 is 0. The van der Waals surface area contributed by atoms with E-state index in [1.165, 1.54) is 5.56 Å². The highest BCUT2D eigenvalue weighted by atomic mass is 16.5. The molecule has 108 valence electrons. The summed E-state index contributed by atoms with van der Waals surface area (Å²) in [7, 11) is 1.62. The monoisotopic (exact) mass is 281 g/mol. The maximum Gasteiger partial charge on any atom is 0.251 e. The van der Waals surface area contributed by atoms with Crippen LogP contribution in [0.3, 0.4) is 0 Å². The van der Waals surface area contributed by atoms with Crippen LogP contribution in [0.5, 0.6) is 5.75 Å². The second-order valence-corrected chi connectivity index (χ2v) is 5.48. The van der Waals surface area contributed by atoms with Crippen LogP contribution in [0, 0.1) is 0 Å². The molecule has 1 fully saturated rings. The number of hydrogen-bond acceptors (Lipinski definition) is 2. The Labute approximate surface area is 124 Å². The molecule has 0 aliphatic heterocycles. The molecule has 1 saturated carbocycles. The first-order valence-corrected chi connectivity index (χ1v) is 7.26. The minimum atomic E-state index is -0.196. The molecule has 3 nitrogen and oxygen atoms in total. The van der Waals surface area contributed by atoms with Crippen molar-refractivity contribution in [1.82, 2.24) is 5.32 Å². The zero-order valence-corrected chi connectivity index (χ0v) is 12.1. The number of ether oxygens (including phenoxy) is 1. The predicted molar refractivity (Wildman–Crippen MR) is 82.4 cm³/mol. The van der Waals surface area contributed by atoms with E-state index in [2.05, 4.69) is 17.4 Å². The molecule has 2 aromatic carbocycles. The van der Waals surface area contributed by atoms with E-state index in [0.717, 1.165) is 25.0 Å². The van der Waals surface area contributed by atoms with Crippen LogP contribution in [-0.2, 0) is 5.54 Å². The second-order valence-electron chi connectivity index (χ2n) is 5.48. The third kappa shape index (κ3) is 2.64. The van der Waals surface area contributed by atoms with Crippen LogP contribution in [0.25, 0.3) is 0 Å². The first-order valence-electron chi connectivity index (χ1n) is 7.26. The second kappa shape index (κ2) is 5.60. The van der Waals surface area contributed by atoms with Gasteiger partial charge < -0.3 is 10.1 Å². The highest BCUT2D eigenvalue weighted by molar-refractivity contribution is 5.95. The van der Waals surface area contributed by atoms with Gasteiger partial charge in [0.1, 0.15) is 5.75 Å². The van der Waals surface area contributed by atoms with Gasteiger partial charge in [0.05, 0.1) is 12.6 Å². The van der Waals surface area contributed by atoms with Crippen molar-refractivity contribution >= 4 is 5.91 Å². The van der Waals surface area contributed by atoms with Gasteiger partial charge in [-0.25, -0.2) is 0 Å². The molecule has 0 radical (unpaired) electrons. The van der Waals surface area contributed by atoms with Crippen LogP contribution < -0.4 is 10.1 Å². The van der Waals surface area contributed by atoms with Crippen LogP contribution >= 0.6 is 0 Å². The molecule has 3 rings (SSSR count). The van der Waals surface area contributed by atoms with Gasteiger partial charge >= 0.3 is 0 Å². The van der Waals surface area contributed by atoms with E-state index in [0.29, 0.717) is 5.56 Å². The van der Waals surface area contributed by atoms with E-state index < -0.39 is 0 Å². The molecule has 2 aromatic rings. The van der Waals surface area contributed by atoms with Gasteiger partial charge in [0.15, 0.2) is 0 Å². The lowest BCUT2D eigenvalue weighted by Crippen LogP contribution is -2.50. The van der Waals surface area contributed by atoms with Crippen LogP contribution in [0.15, 0.2) is 54.6 Å². The minimum absolute atomic E-state index is 0.0267. The van der Waals surface area contributed by atoms with Gasteiger partial charge in [-0.05, 0) is 49.1 Å². The van der Waals surface area contributed by atoms with E-state index in [1.807, 2.05) is 30.3 Å². The highest BCUT2D eigenvalue weighted by Gasteiger charge is 2.39. The van der Waals surface area contributed by atoms with Crippen molar-refractivity contribution in [3.8, 4) is 5.75 Å². The van der Waals surface area contributed by atoms with E-state index in [4.69, 9.17) is 4.74 Å². The van der Waals surface area contributed by atoms with Crippen molar-refractivity contribution in [2.24, 2.45) is 0 Å². The lowest BCUT2D eigenvalue weighted by Gasteiger charge is -2.43. The summed E-state index contributed by atoms with van der Waals surface area (Å²) in [5.74, 6) is 0.731. The smallest absolute Gasteiger partial charge is 0.251 e. The van der Waals surface area contributed by atoms with E-state index in [1.54, 1.807) is 19.2 Å². The first-order chi connectivity index (χ1) is 10.2. The Hall–Kier alpha value is -2.29. The summed E-state index contributed by atoms with van der Waals surface area (Å²) in [4.78, 5) is 12.5. The van der Waals surface area contributed by atoms with Crippen LogP contribution in [0.4, 0.5) is 0 Å². The maximum atomic E-state index is 12.5. The molecule has 3 heteroatoms. The van der Waals surface area contributed by atoms with Crippen LogP contribution in [0.2, 0.25) is 0 Å². The SMILES string of the molecule is COc1ccc(C(=O)NC2(c3ccccc3)CCC2)cc1. The van der Waals surface area contributed by atoms with Crippen molar-refractivity contribution in [2.75, 3.05) is 7.11 Å².